The Morgan fingerprint density at radius 2 is 1.42 bits per heavy atom. The molecular formula is C20H38O3SSi2. The molecule has 1 saturated heterocycles. The van der Waals surface area contributed by atoms with E-state index < -0.39 is 17.1 Å². The van der Waals surface area contributed by atoms with Gasteiger partial charge >= 0.3 is 17.1 Å². The minimum Gasteiger partial charge on any atom is -0.414 e. The molecule has 1 spiro atoms. The lowest BCUT2D eigenvalue weighted by molar-refractivity contribution is 0.0272. The highest BCUT2D eigenvalue weighted by atomic mass is 32.2. The third-order valence-electron chi connectivity index (χ3n) is 6.78. The Balaban J connectivity index is 2.15. The second kappa shape index (κ2) is 7.34. The fraction of sp³-hybridized carbons (Fsp3) is 0.900. The van der Waals surface area contributed by atoms with Gasteiger partial charge in [0, 0.05) is 0 Å². The van der Waals surface area contributed by atoms with Gasteiger partial charge in [0.25, 0.3) is 0 Å². The van der Waals surface area contributed by atoms with Crippen LogP contribution < -0.4 is 0 Å². The summed E-state index contributed by atoms with van der Waals surface area (Å²) in [5, 5.41) is 2.27. The van der Waals surface area contributed by atoms with Gasteiger partial charge in [0.05, 0.1) is 17.0 Å². The molecule has 6 heteroatoms. The second-order valence-corrected chi connectivity index (χ2v) is 19.7. The van der Waals surface area contributed by atoms with Crippen LogP contribution in [-0.4, -0.2) is 34.1 Å². The van der Waals surface area contributed by atoms with E-state index in [4.69, 9.17) is 13.0 Å². The predicted octanol–water partition coefficient (Wildman–Crippen LogP) is 6.49. The smallest absolute Gasteiger partial charge is 0.335 e. The van der Waals surface area contributed by atoms with E-state index in [2.05, 4.69) is 66.9 Å². The summed E-state index contributed by atoms with van der Waals surface area (Å²) in [5.41, 5.74) is 1.65. The summed E-state index contributed by atoms with van der Waals surface area (Å²) in [6.45, 7) is 18.5. The van der Waals surface area contributed by atoms with Crippen LogP contribution in [0.15, 0.2) is 11.5 Å². The zero-order valence-electron chi connectivity index (χ0n) is 17.9. The fourth-order valence-electron chi connectivity index (χ4n) is 5.26. The Labute approximate surface area is 167 Å². The molecule has 1 aliphatic carbocycles. The van der Waals surface area contributed by atoms with Gasteiger partial charge in [0.1, 0.15) is 0 Å². The highest BCUT2D eigenvalue weighted by Gasteiger charge is 2.64. The fourth-order valence-corrected chi connectivity index (χ4v) is 18.1. The van der Waals surface area contributed by atoms with Crippen molar-refractivity contribution >= 4 is 28.9 Å². The van der Waals surface area contributed by atoms with Gasteiger partial charge < -0.3 is 13.0 Å². The van der Waals surface area contributed by atoms with Crippen LogP contribution in [0.3, 0.4) is 0 Å². The van der Waals surface area contributed by atoms with Gasteiger partial charge in [-0.2, -0.15) is 0 Å². The van der Waals surface area contributed by atoms with Crippen LogP contribution in [0.2, 0.25) is 22.2 Å². The molecule has 150 valence electrons. The molecular weight excluding hydrogens is 376 g/mol. The molecule has 3 rings (SSSR count). The Kier molecular flexibility index (Phi) is 5.96. The summed E-state index contributed by atoms with van der Waals surface area (Å²) in [5.74, 6) is 0. The molecule has 3 atom stereocenters. The Morgan fingerprint density at radius 1 is 0.885 bits per heavy atom. The van der Waals surface area contributed by atoms with E-state index in [1.807, 2.05) is 11.8 Å². The molecule has 1 saturated carbocycles. The molecule has 26 heavy (non-hydrogen) atoms. The highest BCUT2D eigenvalue weighted by Crippen LogP contribution is 2.57. The average molecular weight is 415 g/mol. The summed E-state index contributed by atoms with van der Waals surface area (Å²) in [7, 11) is -4.90. The first-order valence-corrected chi connectivity index (χ1v) is 15.3. The third-order valence-corrected chi connectivity index (χ3v) is 18.5. The number of hydrogen-bond donors (Lipinski definition) is 0. The minimum absolute atomic E-state index is 0.0772. The van der Waals surface area contributed by atoms with Crippen LogP contribution >= 0.6 is 11.8 Å². The quantitative estimate of drug-likeness (QED) is 0.491. The van der Waals surface area contributed by atoms with E-state index in [0.717, 1.165) is 6.42 Å². The standard InChI is InChI=1S/C20H38O3SSi2/c1-14(2)25(15(3)4)21-18-10-9-12-20(18)19(11-13-24-20)22-26(23-25,16(5)6)17(7)8/h11,13-19H,9-10,12H2,1-8H3/t18-,19+,20+/m1/s1. The first kappa shape index (κ1) is 21.1. The number of hydrogen-bond acceptors (Lipinski definition) is 4. The molecule has 0 aromatic heterocycles. The monoisotopic (exact) mass is 414 g/mol. The highest BCUT2D eigenvalue weighted by molar-refractivity contribution is 8.03. The third kappa shape index (κ3) is 3.03. The largest absolute Gasteiger partial charge is 0.414 e. The number of rotatable bonds is 4. The van der Waals surface area contributed by atoms with Gasteiger partial charge in [0.15, 0.2) is 0 Å². The van der Waals surface area contributed by atoms with E-state index in [1.165, 1.54) is 12.8 Å². The van der Waals surface area contributed by atoms with Gasteiger partial charge in [-0.3, -0.25) is 0 Å². The van der Waals surface area contributed by atoms with E-state index in [0.29, 0.717) is 22.2 Å². The van der Waals surface area contributed by atoms with Crippen molar-refractivity contribution in [3.8, 4) is 0 Å². The van der Waals surface area contributed by atoms with E-state index in [1.54, 1.807) is 0 Å². The number of thioether (sulfide) groups is 1. The summed E-state index contributed by atoms with van der Waals surface area (Å²) in [6.07, 6.45) is 6.27. The van der Waals surface area contributed by atoms with Gasteiger partial charge in [-0.25, -0.2) is 0 Å². The van der Waals surface area contributed by atoms with Crippen molar-refractivity contribution in [2.24, 2.45) is 0 Å². The average Bonchev–Trinajstić information content (AvgIpc) is 3.10. The van der Waals surface area contributed by atoms with Crippen molar-refractivity contribution in [1.82, 2.24) is 0 Å². The molecule has 2 aliphatic heterocycles. The van der Waals surface area contributed by atoms with Gasteiger partial charge in [-0.05, 0) is 52.9 Å². The summed E-state index contributed by atoms with van der Waals surface area (Å²) >= 11 is 1.97. The van der Waals surface area contributed by atoms with Gasteiger partial charge in [-0.1, -0.05) is 55.4 Å². The molecule has 0 aromatic rings. The normalized spacial score (nSPS) is 35.8. The molecule has 3 aliphatic rings. The minimum atomic E-state index is -2.46. The molecule has 0 N–H and O–H groups in total. The lowest BCUT2D eigenvalue weighted by Gasteiger charge is -2.55. The lowest BCUT2D eigenvalue weighted by atomic mass is 9.98. The van der Waals surface area contributed by atoms with Crippen LogP contribution in [-0.2, 0) is 13.0 Å². The first-order valence-electron chi connectivity index (χ1n) is 10.5. The zero-order chi connectivity index (χ0) is 19.3. The molecule has 0 unspecified atom stereocenters. The molecule has 3 nitrogen and oxygen atoms in total. The van der Waals surface area contributed by atoms with Crippen molar-refractivity contribution in [1.29, 1.82) is 0 Å². The Bertz CT molecular complexity index is 533. The topological polar surface area (TPSA) is 27.7 Å². The first-order chi connectivity index (χ1) is 12.1. The SMILES string of the molecule is CC(C)[Si]1(C(C)C)O[C@H]2C=CS[C@]23CCC[C@H]3O[Si](C(C)C)(C(C)C)O1. The molecule has 2 heterocycles. The van der Waals surface area contributed by atoms with E-state index in [9.17, 15) is 0 Å². The lowest BCUT2D eigenvalue weighted by Crippen LogP contribution is -2.68. The Morgan fingerprint density at radius 3 is 1.96 bits per heavy atom. The van der Waals surface area contributed by atoms with Crippen LogP contribution in [0, 0.1) is 0 Å². The Hall–Kier alpha value is 0.404. The molecule has 0 amide bonds. The van der Waals surface area contributed by atoms with Crippen molar-refractivity contribution in [3.05, 3.63) is 11.5 Å². The van der Waals surface area contributed by atoms with E-state index in [-0.39, 0.29) is 17.0 Å². The van der Waals surface area contributed by atoms with Crippen molar-refractivity contribution in [2.75, 3.05) is 0 Å². The molecule has 0 radical (unpaired) electrons. The van der Waals surface area contributed by atoms with Crippen molar-refractivity contribution in [3.63, 3.8) is 0 Å². The van der Waals surface area contributed by atoms with Crippen LogP contribution in [0.25, 0.3) is 0 Å². The molecule has 2 fully saturated rings. The summed E-state index contributed by atoms with van der Waals surface area (Å²) in [6, 6.07) is 0. The van der Waals surface area contributed by atoms with Gasteiger partial charge in [-0.15, -0.1) is 11.8 Å². The van der Waals surface area contributed by atoms with Gasteiger partial charge in [0.2, 0.25) is 0 Å². The summed E-state index contributed by atoms with van der Waals surface area (Å²) < 4.78 is 21.7. The summed E-state index contributed by atoms with van der Waals surface area (Å²) in [4.78, 5) is 0. The maximum Gasteiger partial charge on any atom is 0.335 e. The van der Waals surface area contributed by atoms with Crippen LogP contribution in [0.4, 0.5) is 0 Å². The predicted molar refractivity (Wildman–Crippen MR) is 116 cm³/mol. The van der Waals surface area contributed by atoms with Crippen LogP contribution in [0.5, 0.6) is 0 Å². The van der Waals surface area contributed by atoms with Crippen molar-refractivity contribution < 1.29 is 13.0 Å². The maximum atomic E-state index is 7.32. The zero-order valence-corrected chi connectivity index (χ0v) is 20.7. The second-order valence-electron chi connectivity index (χ2n) is 9.60. The van der Waals surface area contributed by atoms with Crippen LogP contribution in [0.1, 0.15) is 74.7 Å². The molecule has 0 aromatic carbocycles. The molecule has 0 bridgehead atoms. The van der Waals surface area contributed by atoms with E-state index >= 15 is 0 Å². The maximum absolute atomic E-state index is 7.32. The van der Waals surface area contributed by atoms with Crippen molar-refractivity contribution in [2.45, 2.75) is 114 Å².